The lowest BCUT2D eigenvalue weighted by Crippen LogP contribution is -2.53. The molecule has 3 fully saturated rings. The van der Waals surface area contributed by atoms with Crippen molar-refractivity contribution >= 4 is 5.78 Å². The summed E-state index contributed by atoms with van der Waals surface area (Å²) in [5.41, 5.74) is 1.42. The quantitative estimate of drug-likeness (QED) is 0.725. The summed E-state index contributed by atoms with van der Waals surface area (Å²) in [7, 11) is 0. The topological polar surface area (TPSA) is 61.1 Å². The van der Waals surface area contributed by atoms with Crippen LogP contribution in [0, 0.1) is 51.8 Å². The first kappa shape index (κ1) is 17.3. The van der Waals surface area contributed by atoms with E-state index >= 15 is 0 Å². The van der Waals surface area contributed by atoms with Gasteiger partial charge in [0.05, 0.1) is 18.1 Å². The Bertz CT molecular complexity index is 661. The second-order valence-electron chi connectivity index (χ2n) is 9.69. The molecule has 0 radical (unpaired) electrons. The van der Waals surface area contributed by atoms with E-state index in [0.717, 1.165) is 32.1 Å². The first-order chi connectivity index (χ1) is 11.8. The Hall–Kier alpha value is -1.14. The molecule has 4 rings (SSSR count). The summed E-state index contributed by atoms with van der Waals surface area (Å²) >= 11 is 0. The number of nitriles is 1. The van der Waals surface area contributed by atoms with Crippen LogP contribution < -0.4 is 0 Å². The number of hydrogen-bond donors (Lipinski definition) is 1. The van der Waals surface area contributed by atoms with Crippen molar-refractivity contribution in [1.82, 2.24) is 0 Å². The highest BCUT2D eigenvalue weighted by Gasteiger charge is 2.61. The van der Waals surface area contributed by atoms with Crippen molar-refractivity contribution in [2.24, 2.45) is 40.4 Å². The number of ketones is 1. The molecular weight excluding hydrogens is 310 g/mol. The Morgan fingerprint density at radius 2 is 2.04 bits per heavy atom. The second-order valence-corrected chi connectivity index (χ2v) is 9.69. The smallest absolute Gasteiger partial charge is 0.133 e. The molecule has 0 aromatic carbocycles. The van der Waals surface area contributed by atoms with E-state index in [1.165, 1.54) is 12.0 Å². The van der Waals surface area contributed by atoms with Gasteiger partial charge in [-0.25, -0.2) is 0 Å². The van der Waals surface area contributed by atoms with E-state index in [2.05, 4.69) is 26.0 Å². The van der Waals surface area contributed by atoms with Crippen LogP contribution >= 0.6 is 0 Å². The molecule has 0 aliphatic heterocycles. The summed E-state index contributed by atoms with van der Waals surface area (Å²) in [6.45, 7) is 6.44. The van der Waals surface area contributed by atoms with Gasteiger partial charge in [-0.15, -0.1) is 0 Å². The number of carbonyl (C=O) groups excluding carboxylic acids is 1. The minimum atomic E-state index is -0.358. The molecule has 8 atom stereocenters. The summed E-state index contributed by atoms with van der Waals surface area (Å²) in [6, 6.07) is 2.55. The van der Waals surface area contributed by atoms with Crippen LogP contribution in [0.15, 0.2) is 11.6 Å². The maximum atomic E-state index is 12.2. The van der Waals surface area contributed by atoms with Crippen LogP contribution in [-0.4, -0.2) is 17.0 Å². The van der Waals surface area contributed by atoms with Crippen molar-refractivity contribution in [3.63, 3.8) is 0 Å². The summed E-state index contributed by atoms with van der Waals surface area (Å²) in [6.07, 6.45) is 8.90. The molecule has 3 heteroatoms. The summed E-state index contributed by atoms with van der Waals surface area (Å²) in [5, 5.41) is 20.0. The number of aliphatic hydroxyl groups is 1. The minimum absolute atomic E-state index is 0.0768. The molecule has 0 aromatic rings. The van der Waals surface area contributed by atoms with Gasteiger partial charge in [-0.3, -0.25) is 4.79 Å². The van der Waals surface area contributed by atoms with Gasteiger partial charge in [0.1, 0.15) is 5.78 Å². The Morgan fingerprint density at radius 1 is 1.28 bits per heavy atom. The monoisotopic (exact) mass is 341 g/mol. The van der Waals surface area contributed by atoms with Crippen molar-refractivity contribution in [2.45, 2.75) is 71.8 Å². The molecule has 0 heterocycles. The maximum Gasteiger partial charge on any atom is 0.133 e. The van der Waals surface area contributed by atoms with E-state index in [1.807, 2.05) is 0 Å². The number of fused-ring (bicyclic) bond motifs is 5. The minimum Gasteiger partial charge on any atom is -0.393 e. The van der Waals surface area contributed by atoms with Crippen molar-refractivity contribution in [3.8, 4) is 6.07 Å². The van der Waals surface area contributed by atoms with Crippen molar-refractivity contribution in [3.05, 3.63) is 11.6 Å². The fourth-order valence-corrected chi connectivity index (χ4v) is 7.59. The fraction of sp³-hybridized carbons (Fsp3) is 0.818. The number of hydrogen-bond acceptors (Lipinski definition) is 3. The molecule has 0 spiro atoms. The first-order valence-corrected chi connectivity index (χ1v) is 10.1. The molecule has 25 heavy (non-hydrogen) atoms. The Kier molecular flexibility index (Phi) is 3.93. The van der Waals surface area contributed by atoms with E-state index in [4.69, 9.17) is 0 Å². The van der Waals surface area contributed by atoms with Gasteiger partial charge < -0.3 is 5.11 Å². The van der Waals surface area contributed by atoms with Crippen LogP contribution in [0.5, 0.6) is 0 Å². The molecular formula is C22H31NO2. The van der Waals surface area contributed by atoms with Crippen molar-refractivity contribution in [1.29, 1.82) is 5.26 Å². The van der Waals surface area contributed by atoms with Crippen LogP contribution in [-0.2, 0) is 4.79 Å². The van der Waals surface area contributed by atoms with Crippen molar-refractivity contribution in [2.75, 3.05) is 0 Å². The highest BCUT2D eigenvalue weighted by Crippen LogP contribution is 2.67. The standard InChI is InChI=1S/C22H31NO2/c1-13(24)18-6-7-19-17-5-4-14-10-16(25)11-15(12-23)22(14,3)20(17)8-9-21(18,19)2/h4,15-20,25H,5-11H2,1-3H3/t15?,16?,17-,18+,19-,20-,21+,22+/m0/s1. The number of aliphatic hydroxyl groups excluding tert-OH is 1. The van der Waals surface area contributed by atoms with Gasteiger partial charge in [-0.2, -0.15) is 5.26 Å². The average molecular weight is 341 g/mol. The number of Topliss-reactive ketones (excluding diaryl/α,β-unsaturated/α-hetero) is 1. The van der Waals surface area contributed by atoms with Gasteiger partial charge >= 0.3 is 0 Å². The second kappa shape index (κ2) is 5.68. The number of nitrogens with zero attached hydrogens (tertiary/aromatic N) is 1. The SMILES string of the molecule is CC(=O)[C@H]1CC[C@H]2[C@@H]3CC=C4CC(O)CC(C#N)[C@]4(C)[C@H]3CC[C@]12C. The zero-order chi connectivity index (χ0) is 18.0. The Balaban J connectivity index is 1.71. The molecule has 3 nitrogen and oxygen atoms in total. The van der Waals surface area contributed by atoms with Crippen LogP contribution in [0.1, 0.15) is 65.7 Å². The largest absolute Gasteiger partial charge is 0.393 e. The lowest BCUT2D eigenvalue weighted by molar-refractivity contribution is -0.128. The fourth-order valence-electron chi connectivity index (χ4n) is 7.59. The van der Waals surface area contributed by atoms with E-state index in [1.54, 1.807) is 6.92 Å². The molecule has 136 valence electrons. The predicted octanol–water partition coefficient (Wildman–Crippen LogP) is 4.26. The van der Waals surface area contributed by atoms with Gasteiger partial charge in [0.2, 0.25) is 0 Å². The average Bonchev–Trinajstić information content (AvgIpc) is 2.92. The number of allylic oxidation sites excluding steroid dienone is 1. The lowest BCUT2D eigenvalue weighted by atomic mass is 9.45. The van der Waals surface area contributed by atoms with E-state index in [0.29, 0.717) is 30.0 Å². The third kappa shape index (κ3) is 2.23. The molecule has 0 bridgehead atoms. The van der Waals surface area contributed by atoms with Gasteiger partial charge in [-0.1, -0.05) is 25.5 Å². The number of carbonyl (C=O) groups is 1. The highest BCUT2D eigenvalue weighted by atomic mass is 16.3. The summed E-state index contributed by atoms with van der Waals surface area (Å²) in [4.78, 5) is 12.2. The number of rotatable bonds is 1. The van der Waals surface area contributed by atoms with Gasteiger partial charge in [0.25, 0.3) is 0 Å². The molecule has 0 saturated heterocycles. The molecule has 0 aromatic heterocycles. The Labute approximate surface area is 151 Å². The van der Waals surface area contributed by atoms with Crippen LogP contribution in [0.4, 0.5) is 0 Å². The van der Waals surface area contributed by atoms with Gasteiger partial charge in [-0.05, 0) is 75.0 Å². The zero-order valence-corrected chi connectivity index (χ0v) is 15.8. The summed E-state index contributed by atoms with van der Waals surface area (Å²) < 4.78 is 0. The van der Waals surface area contributed by atoms with E-state index in [-0.39, 0.29) is 28.8 Å². The van der Waals surface area contributed by atoms with E-state index < -0.39 is 0 Å². The maximum absolute atomic E-state index is 12.2. The van der Waals surface area contributed by atoms with Crippen LogP contribution in [0.2, 0.25) is 0 Å². The predicted molar refractivity (Wildman–Crippen MR) is 96.4 cm³/mol. The molecule has 4 aliphatic carbocycles. The van der Waals surface area contributed by atoms with Crippen molar-refractivity contribution < 1.29 is 9.90 Å². The first-order valence-electron chi connectivity index (χ1n) is 10.1. The lowest BCUT2D eigenvalue weighted by Gasteiger charge is -2.59. The zero-order valence-electron chi connectivity index (χ0n) is 15.8. The normalized spacial score (nSPS) is 51.6. The highest BCUT2D eigenvalue weighted by molar-refractivity contribution is 5.79. The Morgan fingerprint density at radius 3 is 2.72 bits per heavy atom. The third-order valence-electron chi connectivity index (χ3n) is 8.87. The third-order valence-corrected chi connectivity index (χ3v) is 8.87. The van der Waals surface area contributed by atoms with Crippen LogP contribution in [0.3, 0.4) is 0 Å². The summed E-state index contributed by atoms with van der Waals surface area (Å²) in [5.74, 6) is 2.27. The van der Waals surface area contributed by atoms with Crippen LogP contribution in [0.25, 0.3) is 0 Å². The van der Waals surface area contributed by atoms with Gasteiger partial charge in [0.15, 0.2) is 0 Å². The molecule has 1 N–H and O–H groups in total. The molecule has 3 saturated carbocycles. The van der Waals surface area contributed by atoms with E-state index in [9.17, 15) is 15.2 Å². The molecule has 0 amide bonds. The molecule has 4 aliphatic rings. The molecule has 2 unspecified atom stereocenters. The van der Waals surface area contributed by atoms with Gasteiger partial charge in [0, 0.05) is 11.3 Å².